The number of aryl methyl sites for hydroxylation is 1. The molecule has 0 spiro atoms. The zero-order chi connectivity index (χ0) is 19.8. The maximum absolute atomic E-state index is 13.1. The van der Waals surface area contributed by atoms with E-state index in [1.54, 1.807) is 25.1 Å². The third kappa shape index (κ3) is 3.25. The third-order valence-electron chi connectivity index (χ3n) is 4.17. The smallest absolute Gasteiger partial charge is 0.418 e. The van der Waals surface area contributed by atoms with E-state index < -0.39 is 40.2 Å². The summed E-state index contributed by atoms with van der Waals surface area (Å²) in [5, 5.41) is 12.8. The highest BCUT2D eigenvalue weighted by molar-refractivity contribution is 6.09. The molecule has 0 bridgehead atoms. The molecule has 0 aliphatic heterocycles. The topological polar surface area (TPSA) is 71.3 Å². The highest BCUT2D eigenvalue weighted by Gasteiger charge is 2.34. The minimum atomic E-state index is -4.68. The molecule has 1 aromatic heterocycles. The van der Waals surface area contributed by atoms with Crippen LogP contribution in [0.1, 0.15) is 22.8 Å². The van der Waals surface area contributed by atoms with Crippen molar-refractivity contribution in [1.29, 1.82) is 0 Å². The number of para-hydroxylation sites is 2. The van der Waals surface area contributed by atoms with E-state index in [0.717, 1.165) is 12.1 Å². The summed E-state index contributed by atoms with van der Waals surface area (Å²) in [6, 6.07) is 10.8. The van der Waals surface area contributed by atoms with Crippen LogP contribution >= 0.6 is 0 Å². The van der Waals surface area contributed by atoms with Crippen molar-refractivity contribution >= 4 is 22.5 Å². The summed E-state index contributed by atoms with van der Waals surface area (Å²) in [4.78, 5) is 25.3. The van der Waals surface area contributed by atoms with Crippen molar-refractivity contribution in [1.82, 2.24) is 4.57 Å². The van der Waals surface area contributed by atoms with Gasteiger partial charge >= 0.3 is 6.18 Å². The van der Waals surface area contributed by atoms with E-state index in [1.807, 2.05) is 0 Å². The SMILES string of the molecule is CCn1c(=O)c(C(=O)Nc2ccccc2C(F)(F)F)c(O)c2ccccc21. The Morgan fingerprint density at radius 3 is 2.41 bits per heavy atom. The number of nitrogens with one attached hydrogen (secondary N) is 1. The van der Waals surface area contributed by atoms with Crippen LogP contribution in [-0.4, -0.2) is 15.6 Å². The van der Waals surface area contributed by atoms with Crippen molar-refractivity contribution in [2.45, 2.75) is 19.6 Å². The lowest BCUT2D eigenvalue weighted by atomic mass is 10.1. The van der Waals surface area contributed by atoms with Crippen LogP contribution in [0.3, 0.4) is 0 Å². The summed E-state index contributed by atoms with van der Waals surface area (Å²) < 4.78 is 40.6. The fourth-order valence-electron chi connectivity index (χ4n) is 2.93. The molecule has 0 saturated heterocycles. The Morgan fingerprint density at radius 1 is 1.11 bits per heavy atom. The number of hydrogen-bond donors (Lipinski definition) is 2. The minimum Gasteiger partial charge on any atom is -0.506 e. The van der Waals surface area contributed by atoms with Crippen LogP contribution in [0.4, 0.5) is 18.9 Å². The number of carbonyl (C=O) groups excluding carboxylic acids is 1. The summed E-state index contributed by atoms with van der Waals surface area (Å²) >= 11 is 0. The lowest BCUT2D eigenvalue weighted by Gasteiger charge is -2.16. The number of alkyl halides is 3. The molecule has 8 heteroatoms. The summed E-state index contributed by atoms with van der Waals surface area (Å²) in [6.45, 7) is 1.91. The maximum Gasteiger partial charge on any atom is 0.418 e. The standard InChI is InChI=1S/C19H15F3N2O3/c1-2-24-14-10-6-3-7-11(14)16(25)15(18(24)27)17(26)23-13-9-5-4-8-12(13)19(20,21)22/h3-10,25H,2H2,1H3,(H,23,26). The van der Waals surface area contributed by atoms with Gasteiger partial charge in [-0.3, -0.25) is 9.59 Å². The first-order chi connectivity index (χ1) is 12.8. The zero-order valence-corrected chi connectivity index (χ0v) is 14.2. The lowest BCUT2D eigenvalue weighted by molar-refractivity contribution is -0.136. The number of nitrogens with zero attached hydrogens (tertiary/aromatic N) is 1. The molecule has 0 radical (unpaired) electrons. The van der Waals surface area contributed by atoms with Gasteiger partial charge in [0.2, 0.25) is 0 Å². The molecular weight excluding hydrogens is 361 g/mol. The largest absolute Gasteiger partial charge is 0.506 e. The van der Waals surface area contributed by atoms with E-state index in [4.69, 9.17) is 0 Å². The number of anilines is 1. The molecule has 140 valence electrons. The summed E-state index contributed by atoms with van der Waals surface area (Å²) in [5.74, 6) is -1.68. The first-order valence-electron chi connectivity index (χ1n) is 8.07. The second-order valence-electron chi connectivity index (χ2n) is 5.79. The Bertz CT molecular complexity index is 1090. The van der Waals surface area contributed by atoms with Gasteiger partial charge in [-0.05, 0) is 31.2 Å². The predicted octanol–water partition coefficient (Wildman–Crippen LogP) is 4.00. The van der Waals surface area contributed by atoms with Gasteiger partial charge in [0.1, 0.15) is 11.3 Å². The van der Waals surface area contributed by atoms with Gasteiger partial charge in [0.15, 0.2) is 0 Å². The van der Waals surface area contributed by atoms with Crippen molar-refractivity contribution in [3.8, 4) is 5.75 Å². The number of benzene rings is 2. The van der Waals surface area contributed by atoms with E-state index >= 15 is 0 Å². The Kier molecular flexibility index (Phi) is 4.65. The number of fused-ring (bicyclic) bond motifs is 1. The van der Waals surface area contributed by atoms with E-state index in [1.165, 1.54) is 22.8 Å². The van der Waals surface area contributed by atoms with Gasteiger partial charge in [-0.1, -0.05) is 24.3 Å². The highest BCUT2D eigenvalue weighted by Crippen LogP contribution is 2.35. The van der Waals surface area contributed by atoms with Crippen LogP contribution < -0.4 is 10.9 Å². The first-order valence-corrected chi connectivity index (χ1v) is 8.07. The van der Waals surface area contributed by atoms with Gasteiger partial charge in [-0.25, -0.2) is 0 Å². The molecule has 0 aliphatic rings. The number of carbonyl (C=O) groups is 1. The zero-order valence-electron chi connectivity index (χ0n) is 14.2. The second kappa shape index (κ2) is 6.79. The molecule has 3 aromatic rings. The van der Waals surface area contributed by atoms with Gasteiger partial charge in [-0.2, -0.15) is 13.2 Å². The lowest BCUT2D eigenvalue weighted by Crippen LogP contribution is -2.30. The molecule has 2 N–H and O–H groups in total. The molecule has 5 nitrogen and oxygen atoms in total. The van der Waals surface area contributed by atoms with Crippen LogP contribution in [0.5, 0.6) is 5.75 Å². The average molecular weight is 376 g/mol. The van der Waals surface area contributed by atoms with Crippen LogP contribution in [0.25, 0.3) is 10.9 Å². The van der Waals surface area contributed by atoms with E-state index in [0.29, 0.717) is 5.52 Å². The highest BCUT2D eigenvalue weighted by atomic mass is 19.4. The predicted molar refractivity (Wildman–Crippen MR) is 94.9 cm³/mol. The second-order valence-corrected chi connectivity index (χ2v) is 5.79. The minimum absolute atomic E-state index is 0.221. The fraction of sp³-hybridized carbons (Fsp3) is 0.158. The average Bonchev–Trinajstić information content (AvgIpc) is 2.62. The van der Waals surface area contributed by atoms with Gasteiger partial charge in [0, 0.05) is 11.9 Å². The van der Waals surface area contributed by atoms with Crippen LogP contribution in [0, 0.1) is 0 Å². The normalized spacial score (nSPS) is 11.6. The Labute approximate surface area is 151 Å². The summed E-state index contributed by atoms with van der Waals surface area (Å²) in [7, 11) is 0. The number of aromatic hydroxyl groups is 1. The molecule has 2 aromatic carbocycles. The number of halogens is 3. The number of aromatic nitrogens is 1. The van der Waals surface area contributed by atoms with E-state index in [2.05, 4.69) is 5.32 Å². The summed E-state index contributed by atoms with van der Waals surface area (Å²) in [5.41, 5.74) is -2.50. The number of hydrogen-bond acceptors (Lipinski definition) is 3. The maximum atomic E-state index is 13.1. The molecule has 27 heavy (non-hydrogen) atoms. The van der Waals surface area contributed by atoms with Gasteiger partial charge in [0.25, 0.3) is 11.5 Å². The number of pyridine rings is 1. The molecule has 0 saturated carbocycles. The van der Waals surface area contributed by atoms with Crippen molar-refractivity contribution in [2.75, 3.05) is 5.32 Å². The van der Waals surface area contributed by atoms with Crippen molar-refractivity contribution in [2.24, 2.45) is 0 Å². The molecule has 0 aliphatic carbocycles. The van der Waals surface area contributed by atoms with Crippen molar-refractivity contribution in [3.63, 3.8) is 0 Å². The molecule has 3 rings (SSSR count). The molecule has 1 heterocycles. The molecular formula is C19H15F3N2O3. The van der Waals surface area contributed by atoms with Crippen molar-refractivity contribution in [3.05, 3.63) is 70.0 Å². The van der Waals surface area contributed by atoms with E-state index in [9.17, 15) is 27.9 Å². The van der Waals surface area contributed by atoms with Crippen molar-refractivity contribution < 1.29 is 23.1 Å². The molecule has 1 amide bonds. The van der Waals surface area contributed by atoms with E-state index in [-0.39, 0.29) is 11.9 Å². The fourth-order valence-corrected chi connectivity index (χ4v) is 2.93. The van der Waals surface area contributed by atoms with Gasteiger partial charge in [-0.15, -0.1) is 0 Å². The molecule has 0 unspecified atom stereocenters. The monoisotopic (exact) mass is 376 g/mol. The molecule has 0 fully saturated rings. The number of rotatable bonds is 3. The van der Waals surface area contributed by atoms with Gasteiger partial charge < -0.3 is 15.0 Å². The molecule has 0 atom stereocenters. The summed E-state index contributed by atoms with van der Waals surface area (Å²) in [6.07, 6.45) is -4.68. The van der Waals surface area contributed by atoms with Gasteiger partial charge in [0.05, 0.1) is 16.8 Å². The van der Waals surface area contributed by atoms with Crippen LogP contribution in [0.15, 0.2) is 53.3 Å². The Balaban J connectivity index is 2.15. The van der Waals surface area contributed by atoms with Crippen LogP contribution in [-0.2, 0) is 12.7 Å². The number of amides is 1. The Morgan fingerprint density at radius 2 is 1.74 bits per heavy atom. The third-order valence-corrected chi connectivity index (χ3v) is 4.17. The van der Waals surface area contributed by atoms with Crippen LogP contribution in [0.2, 0.25) is 0 Å². The Hall–Kier alpha value is -3.29. The quantitative estimate of drug-likeness (QED) is 0.726. The first kappa shape index (κ1) is 18.5.